The molecule has 1 saturated heterocycles. The van der Waals surface area contributed by atoms with E-state index >= 15 is 0 Å². The minimum Gasteiger partial charge on any atom is -0.356 e. The lowest BCUT2D eigenvalue weighted by molar-refractivity contribution is -0.122. The third-order valence-electron chi connectivity index (χ3n) is 4.34. The summed E-state index contributed by atoms with van der Waals surface area (Å²) in [6.07, 6.45) is 7.20. The largest absolute Gasteiger partial charge is 0.356 e. The van der Waals surface area contributed by atoms with Gasteiger partial charge in [0.2, 0.25) is 5.91 Å². The van der Waals surface area contributed by atoms with Crippen molar-refractivity contribution in [1.82, 2.24) is 20.2 Å². The molecule has 0 bridgehead atoms. The highest BCUT2D eigenvalue weighted by atomic mass is 16.1. The fourth-order valence-corrected chi connectivity index (χ4v) is 3.96. The van der Waals surface area contributed by atoms with Gasteiger partial charge in [0.25, 0.3) is 0 Å². The van der Waals surface area contributed by atoms with Crippen LogP contribution in [0.5, 0.6) is 0 Å². The van der Waals surface area contributed by atoms with Gasteiger partial charge < -0.3 is 15.2 Å². The van der Waals surface area contributed by atoms with Gasteiger partial charge in [-0.3, -0.25) is 4.79 Å². The summed E-state index contributed by atoms with van der Waals surface area (Å²) in [6, 6.07) is 0. The highest BCUT2D eigenvalue weighted by molar-refractivity contribution is 5.76. The smallest absolute Gasteiger partial charge is 0.220 e. The van der Waals surface area contributed by atoms with Crippen molar-refractivity contribution in [3.63, 3.8) is 0 Å². The van der Waals surface area contributed by atoms with E-state index in [1.54, 1.807) is 6.20 Å². The highest BCUT2D eigenvalue weighted by Crippen LogP contribution is 2.34. The van der Waals surface area contributed by atoms with Gasteiger partial charge in [-0.15, -0.1) is 0 Å². The zero-order valence-electron chi connectivity index (χ0n) is 14.6. The Kier molecular flexibility index (Phi) is 4.95. The number of rotatable bonds is 5. The van der Waals surface area contributed by atoms with E-state index in [2.05, 4.69) is 43.3 Å². The van der Waals surface area contributed by atoms with E-state index in [0.29, 0.717) is 18.9 Å². The van der Waals surface area contributed by atoms with E-state index in [9.17, 15) is 4.79 Å². The van der Waals surface area contributed by atoms with Crippen molar-refractivity contribution in [2.24, 2.45) is 13.0 Å². The second kappa shape index (κ2) is 6.41. The summed E-state index contributed by atoms with van der Waals surface area (Å²) in [7, 11) is 1.98. The van der Waals surface area contributed by atoms with E-state index in [0.717, 1.165) is 25.1 Å². The van der Waals surface area contributed by atoms with Gasteiger partial charge in [0.1, 0.15) is 5.82 Å². The van der Waals surface area contributed by atoms with Crippen molar-refractivity contribution in [2.75, 3.05) is 6.54 Å². The summed E-state index contributed by atoms with van der Waals surface area (Å²) in [5.74, 6) is 1.61. The maximum absolute atomic E-state index is 12.2. The van der Waals surface area contributed by atoms with Crippen LogP contribution >= 0.6 is 0 Å². The van der Waals surface area contributed by atoms with Gasteiger partial charge in [0.05, 0.1) is 0 Å². The fourth-order valence-electron chi connectivity index (χ4n) is 3.96. The lowest BCUT2D eigenvalue weighted by atomic mass is 9.74. The van der Waals surface area contributed by atoms with Gasteiger partial charge in [0.15, 0.2) is 0 Å². The van der Waals surface area contributed by atoms with Crippen LogP contribution in [0.2, 0.25) is 0 Å². The van der Waals surface area contributed by atoms with Crippen LogP contribution in [-0.4, -0.2) is 33.1 Å². The molecule has 2 N–H and O–H groups in total. The number of hydrogen-bond acceptors (Lipinski definition) is 3. The average Bonchev–Trinajstić information content (AvgIpc) is 2.70. The van der Waals surface area contributed by atoms with E-state index in [4.69, 9.17) is 0 Å². The zero-order valence-corrected chi connectivity index (χ0v) is 14.6. The van der Waals surface area contributed by atoms with E-state index < -0.39 is 0 Å². The summed E-state index contributed by atoms with van der Waals surface area (Å²) in [4.78, 5) is 16.5. The number of aromatic nitrogens is 2. The number of carbonyl (C=O) groups is 1. The minimum absolute atomic E-state index is 0.0969. The Balaban J connectivity index is 1.78. The molecule has 5 nitrogen and oxygen atoms in total. The van der Waals surface area contributed by atoms with Crippen molar-refractivity contribution in [3.05, 3.63) is 18.2 Å². The highest BCUT2D eigenvalue weighted by Gasteiger charge is 2.38. The maximum atomic E-state index is 12.2. The monoisotopic (exact) mass is 306 g/mol. The molecule has 1 fully saturated rings. The van der Waals surface area contributed by atoms with Crippen LogP contribution < -0.4 is 10.6 Å². The molecule has 1 aromatic rings. The summed E-state index contributed by atoms with van der Waals surface area (Å²) < 4.78 is 1.99. The van der Waals surface area contributed by atoms with E-state index in [-0.39, 0.29) is 17.0 Å². The molecule has 1 aromatic heterocycles. The van der Waals surface area contributed by atoms with Crippen molar-refractivity contribution < 1.29 is 4.79 Å². The molecular weight excluding hydrogens is 276 g/mol. The summed E-state index contributed by atoms with van der Waals surface area (Å²) in [5.41, 5.74) is 0.194. The summed E-state index contributed by atoms with van der Waals surface area (Å²) >= 11 is 0. The molecule has 1 aliphatic rings. The molecule has 0 spiro atoms. The number of amides is 1. The number of piperidine rings is 1. The molecule has 22 heavy (non-hydrogen) atoms. The summed E-state index contributed by atoms with van der Waals surface area (Å²) in [6.45, 7) is 9.54. The van der Waals surface area contributed by atoms with Gasteiger partial charge in [-0.1, -0.05) is 0 Å². The van der Waals surface area contributed by atoms with Crippen LogP contribution in [0.15, 0.2) is 12.4 Å². The Morgan fingerprint density at radius 2 is 2.00 bits per heavy atom. The lowest BCUT2D eigenvalue weighted by Crippen LogP contribution is -2.58. The number of aryl methyl sites for hydroxylation is 1. The van der Waals surface area contributed by atoms with Gasteiger partial charge in [-0.05, 0) is 46.5 Å². The van der Waals surface area contributed by atoms with Gasteiger partial charge >= 0.3 is 0 Å². The summed E-state index contributed by atoms with van der Waals surface area (Å²) in [5, 5.41) is 6.70. The van der Waals surface area contributed by atoms with Gasteiger partial charge in [-0.2, -0.15) is 0 Å². The van der Waals surface area contributed by atoms with Gasteiger partial charge in [0, 0.05) is 49.9 Å². The first-order valence-corrected chi connectivity index (χ1v) is 8.19. The number of imidazole rings is 1. The first kappa shape index (κ1) is 17.0. The Morgan fingerprint density at radius 1 is 1.36 bits per heavy atom. The predicted octanol–water partition coefficient (Wildman–Crippen LogP) is 2.03. The lowest BCUT2D eigenvalue weighted by Gasteiger charge is -2.46. The quantitative estimate of drug-likeness (QED) is 0.875. The van der Waals surface area contributed by atoms with Crippen LogP contribution in [0.25, 0.3) is 0 Å². The Morgan fingerprint density at radius 3 is 2.55 bits per heavy atom. The van der Waals surface area contributed by atoms with Crippen LogP contribution in [0, 0.1) is 5.92 Å². The zero-order chi connectivity index (χ0) is 16.4. The topological polar surface area (TPSA) is 59.0 Å². The van der Waals surface area contributed by atoms with Crippen molar-refractivity contribution in [2.45, 2.75) is 64.5 Å². The van der Waals surface area contributed by atoms with E-state index in [1.165, 1.54) is 0 Å². The number of nitrogens with zero attached hydrogens (tertiary/aromatic N) is 2. The predicted molar refractivity (Wildman–Crippen MR) is 88.6 cm³/mol. The van der Waals surface area contributed by atoms with Crippen LogP contribution in [0.4, 0.5) is 0 Å². The van der Waals surface area contributed by atoms with Crippen molar-refractivity contribution in [3.8, 4) is 0 Å². The third kappa shape index (κ3) is 4.83. The van der Waals surface area contributed by atoms with Crippen molar-refractivity contribution >= 4 is 5.91 Å². The number of carbonyl (C=O) groups excluding carboxylic acids is 1. The Bertz CT molecular complexity index is 502. The molecule has 1 aliphatic heterocycles. The molecule has 0 atom stereocenters. The fraction of sp³-hybridized carbons (Fsp3) is 0.765. The van der Waals surface area contributed by atoms with Crippen LogP contribution in [-0.2, 0) is 18.3 Å². The van der Waals surface area contributed by atoms with E-state index in [1.807, 2.05) is 17.8 Å². The first-order chi connectivity index (χ1) is 10.2. The molecule has 0 unspecified atom stereocenters. The minimum atomic E-state index is 0.0969. The second-order valence-corrected chi connectivity index (χ2v) is 7.93. The molecular formula is C17H30N4O. The normalized spacial score (nSPS) is 20.8. The van der Waals surface area contributed by atoms with Crippen LogP contribution in [0.1, 0.15) is 52.8 Å². The third-order valence-corrected chi connectivity index (χ3v) is 4.34. The molecule has 124 valence electrons. The Hall–Kier alpha value is -1.36. The molecule has 2 heterocycles. The average molecular weight is 306 g/mol. The van der Waals surface area contributed by atoms with Crippen LogP contribution in [0.3, 0.4) is 0 Å². The molecule has 5 heteroatoms. The molecule has 1 amide bonds. The number of hydrogen-bond donors (Lipinski definition) is 2. The second-order valence-electron chi connectivity index (χ2n) is 7.93. The molecule has 0 aliphatic carbocycles. The number of nitrogens with one attached hydrogen (secondary N) is 2. The standard InChI is InChI=1S/C17H30N4O/c1-16(2)11-13(12-17(3,4)20-16)10-15(22)19-7-6-14-18-8-9-21(14)5/h8-9,13,20H,6-7,10-12H2,1-5H3,(H,19,22). The molecule has 0 radical (unpaired) electrons. The van der Waals surface area contributed by atoms with Crippen molar-refractivity contribution in [1.29, 1.82) is 0 Å². The molecule has 0 aromatic carbocycles. The van der Waals surface area contributed by atoms with Gasteiger partial charge in [-0.25, -0.2) is 4.98 Å². The Labute approximate surface area is 133 Å². The first-order valence-electron chi connectivity index (χ1n) is 8.19. The maximum Gasteiger partial charge on any atom is 0.220 e. The SMILES string of the molecule is Cn1ccnc1CCNC(=O)CC1CC(C)(C)NC(C)(C)C1. The molecule has 2 rings (SSSR count). The molecule has 0 saturated carbocycles.